The molecule has 10 heteroatoms. The van der Waals surface area contributed by atoms with Crippen LogP contribution in [0, 0.1) is 0 Å². The molecule has 3 aromatic carbocycles. The summed E-state index contributed by atoms with van der Waals surface area (Å²) < 4.78 is 27.8. The van der Waals surface area contributed by atoms with Gasteiger partial charge in [-0.25, -0.2) is 13.3 Å². The minimum absolute atomic E-state index is 0.00511. The summed E-state index contributed by atoms with van der Waals surface area (Å²) >= 11 is 6.18. The quantitative estimate of drug-likeness (QED) is 0.438. The molecule has 33 heavy (non-hydrogen) atoms. The predicted octanol–water partition coefficient (Wildman–Crippen LogP) is 3.57. The molecular formula is C23H18ClN3O5S. The van der Waals surface area contributed by atoms with Gasteiger partial charge in [-0.2, -0.15) is 0 Å². The number of anilines is 2. The number of halogens is 1. The smallest absolute Gasteiger partial charge is 0.270 e. The SMILES string of the molecule is CCN(c1ccccc1)S(=O)(=O)c1ccc(Cl)c(C(=O)N2C(=O)c3cccc(N)c3C2=O)c1. The molecule has 0 aliphatic carbocycles. The molecule has 0 aromatic heterocycles. The molecule has 1 heterocycles. The molecule has 168 valence electrons. The van der Waals surface area contributed by atoms with Crippen molar-refractivity contribution in [2.24, 2.45) is 0 Å². The van der Waals surface area contributed by atoms with Crippen LogP contribution in [0.4, 0.5) is 11.4 Å². The van der Waals surface area contributed by atoms with Crippen LogP contribution in [0.15, 0.2) is 71.6 Å². The number of amides is 3. The van der Waals surface area contributed by atoms with Crippen molar-refractivity contribution in [3.63, 3.8) is 0 Å². The molecular weight excluding hydrogens is 466 g/mol. The Labute approximate surface area is 195 Å². The third kappa shape index (κ3) is 3.65. The van der Waals surface area contributed by atoms with Crippen molar-refractivity contribution in [3.05, 3.63) is 88.4 Å². The van der Waals surface area contributed by atoms with Gasteiger partial charge in [-0.3, -0.25) is 18.7 Å². The molecule has 2 N–H and O–H groups in total. The Bertz CT molecular complexity index is 1410. The van der Waals surface area contributed by atoms with Crippen LogP contribution in [0.1, 0.15) is 38.0 Å². The summed E-state index contributed by atoms with van der Waals surface area (Å²) in [6, 6.07) is 16.4. The van der Waals surface area contributed by atoms with Crippen molar-refractivity contribution in [2.45, 2.75) is 11.8 Å². The van der Waals surface area contributed by atoms with Crippen LogP contribution in [0.25, 0.3) is 0 Å². The fraction of sp³-hybridized carbons (Fsp3) is 0.0870. The van der Waals surface area contributed by atoms with E-state index in [-0.39, 0.29) is 38.8 Å². The van der Waals surface area contributed by atoms with Crippen molar-refractivity contribution >= 4 is 50.7 Å². The Morgan fingerprint density at radius 2 is 1.70 bits per heavy atom. The molecule has 1 aliphatic rings. The van der Waals surface area contributed by atoms with Gasteiger partial charge in [-0.05, 0) is 49.4 Å². The number of sulfonamides is 1. The lowest BCUT2D eigenvalue weighted by atomic mass is 10.1. The van der Waals surface area contributed by atoms with Gasteiger partial charge in [0.25, 0.3) is 27.7 Å². The van der Waals surface area contributed by atoms with Gasteiger partial charge in [0.05, 0.1) is 32.3 Å². The predicted molar refractivity (Wildman–Crippen MR) is 124 cm³/mol. The summed E-state index contributed by atoms with van der Waals surface area (Å²) in [5.41, 5.74) is 5.95. The average Bonchev–Trinajstić information content (AvgIpc) is 3.05. The fourth-order valence-electron chi connectivity index (χ4n) is 3.66. The number of hydrogen-bond acceptors (Lipinski definition) is 6. The summed E-state index contributed by atoms with van der Waals surface area (Å²) in [5.74, 6) is -2.77. The molecule has 3 amide bonds. The monoisotopic (exact) mass is 483 g/mol. The Kier molecular flexibility index (Phi) is 5.69. The third-order valence-electron chi connectivity index (χ3n) is 5.24. The molecule has 3 aromatic rings. The summed E-state index contributed by atoms with van der Waals surface area (Å²) in [6.07, 6.45) is 0. The van der Waals surface area contributed by atoms with E-state index in [4.69, 9.17) is 17.3 Å². The van der Waals surface area contributed by atoms with Crippen molar-refractivity contribution < 1.29 is 22.8 Å². The van der Waals surface area contributed by atoms with Gasteiger partial charge in [-0.1, -0.05) is 35.9 Å². The number of carbonyl (C=O) groups excluding carboxylic acids is 3. The first-order valence-corrected chi connectivity index (χ1v) is 11.7. The number of benzene rings is 3. The summed E-state index contributed by atoms with van der Waals surface area (Å²) in [6.45, 7) is 1.81. The number of nitrogens with two attached hydrogens (primary N) is 1. The fourth-order valence-corrected chi connectivity index (χ4v) is 5.36. The van der Waals surface area contributed by atoms with E-state index in [0.717, 1.165) is 6.07 Å². The zero-order valence-electron chi connectivity index (χ0n) is 17.4. The maximum Gasteiger partial charge on any atom is 0.270 e. The molecule has 0 saturated carbocycles. The molecule has 1 aliphatic heterocycles. The highest BCUT2D eigenvalue weighted by Crippen LogP contribution is 2.32. The number of para-hydroxylation sites is 1. The number of hydrogen-bond donors (Lipinski definition) is 1. The highest BCUT2D eigenvalue weighted by atomic mass is 35.5. The van der Waals surface area contributed by atoms with Crippen LogP contribution >= 0.6 is 11.6 Å². The standard InChI is InChI=1S/C23H18ClN3O5S/c1-2-26(14-7-4-3-5-8-14)33(31,32)15-11-12-18(24)17(13-15)22(29)27-21(28)16-9-6-10-19(25)20(16)23(27)30/h3-13H,2,25H2,1H3. The molecule has 0 saturated heterocycles. The van der Waals surface area contributed by atoms with E-state index in [0.29, 0.717) is 10.6 Å². The van der Waals surface area contributed by atoms with Crippen molar-refractivity contribution in [3.8, 4) is 0 Å². The van der Waals surface area contributed by atoms with Crippen LogP contribution < -0.4 is 10.0 Å². The van der Waals surface area contributed by atoms with Gasteiger partial charge >= 0.3 is 0 Å². The Morgan fingerprint density at radius 3 is 2.33 bits per heavy atom. The van der Waals surface area contributed by atoms with Crippen LogP contribution in [0.2, 0.25) is 5.02 Å². The normalized spacial score (nSPS) is 13.2. The first-order chi connectivity index (χ1) is 15.7. The van der Waals surface area contributed by atoms with Gasteiger partial charge in [0.15, 0.2) is 0 Å². The number of fused-ring (bicyclic) bond motifs is 1. The zero-order valence-corrected chi connectivity index (χ0v) is 18.9. The second-order valence-corrected chi connectivity index (χ2v) is 9.44. The lowest BCUT2D eigenvalue weighted by molar-refractivity contribution is 0.0566. The highest BCUT2D eigenvalue weighted by Gasteiger charge is 2.42. The molecule has 0 unspecified atom stereocenters. The topological polar surface area (TPSA) is 118 Å². The third-order valence-corrected chi connectivity index (χ3v) is 7.47. The van der Waals surface area contributed by atoms with Gasteiger partial charge in [0, 0.05) is 12.2 Å². The minimum Gasteiger partial charge on any atom is -0.398 e. The number of nitrogens with zero attached hydrogens (tertiary/aromatic N) is 2. The summed E-state index contributed by atoms with van der Waals surface area (Å²) in [7, 11) is -4.07. The molecule has 0 radical (unpaired) electrons. The van der Waals surface area contributed by atoms with Gasteiger partial charge in [0.1, 0.15) is 0 Å². The second kappa shape index (κ2) is 8.34. The molecule has 4 rings (SSSR count). The maximum absolute atomic E-state index is 13.3. The zero-order chi connectivity index (χ0) is 23.9. The van der Waals surface area contributed by atoms with Crippen LogP contribution in [-0.2, 0) is 10.0 Å². The summed E-state index contributed by atoms with van der Waals surface area (Å²) in [4.78, 5) is 39.0. The second-order valence-electron chi connectivity index (χ2n) is 7.17. The van der Waals surface area contributed by atoms with E-state index in [1.54, 1.807) is 37.3 Å². The lowest BCUT2D eigenvalue weighted by Crippen LogP contribution is -2.36. The minimum atomic E-state index is -4.07. The van der Waals surface area contributed by atoms with Crippen LogP contribution in [-0.4, -0.2) is 37.6 Å². The van der Waals surface area contributed by atoms with Crippen molar-refractivity contribution in [1.82, 2.24) is 4.90 Å². The van der Waals surface area contributed by atoms with Crippen LogP contribution in [0.3, 0.4) is 0 Å². The summed E-state index contributed by atoms with van der Waals surface area (Å²) in [5, 5.41) is -0.105. The number of imide groups is 3. The molecule has 0 fully saturated rings. The number of carbonyl (C=O) groups is 3. The molecule has 0 atom stereocenters. The molecule has 0 spiro atoms. The Morgan fingerprint density at radius 1 is 1.00 bits per heavy atom. The largest absolute Gasteiger partial charge is 0.398 e. The van der Waals surface area contributed by atoms with Crippen molar-refractivity contribution in [1.29, 1.82) is 0 Å². The van der Waals surface area contributed by atoms with Gasteiger partial charge in [0.2, 0.25) is 0 Å². The Hall–Kier alpha value is -3.69. The van der Waals surface area contributed by atoms with Crippen molar-refractivity contribution in [2.75, 3.05) is 16.6 Å². The molecule has 8 nitrogen and oxygen atoms in total. The van der Waals surface area contributed by atoms with E-state index in [1.807, 2.05) is 0 Å². The highest BCUT2D eigenvalue weighted by molar-refractivity contribution is 7.92. The van der Waals surface area contributed by atoms with E-state index >= 15 is 0 Å². The molecule has 0 bridgehead atoms. The maximum atomic E-state index is 13.3. The van der Waals surface area contributed by atoms with E-state index in [1.165, 1.54) is 34.6 Å². The van der Waals surface area contributed by atoms with E-state index < -0.39 is 27.7 Å². The van der Waals surface area contributed by atoms with Gasteiger partial charge < -0.3 is 5.73 Å². The van der Waals surface area contributed by atoms with Crippen LogP contribution in [0.5, 0.6) is 0 Å². The number of rotatable bonds is 5. The first kappa shape index (κ1) is 22.5. The van der Waals surface area contributed by atoms with Gasteiger partial charge in [-0.15, -0.1) is 0 Å². The van der Waals surface area contributed by atoms with E-state index in [2.05, 4.69) is 0 Å². The Balaban J connectivity index is 1.76. The first-order valence-electron chi connectivity index (χ1n) is 9.87. The lowest BCUT2D eigenvalue weighted by Gasteiger charge is -2.23. The number of nitrogen functional groups attached to an aromatic ring is 1. The average molecular weight is 484 g/mol. The van der Waals surface area contributed by atoms with E-state index in [9.17, 15) is 22.8 Å².